The van der Waals surface area contributed by atoms with Crippen molar-refractivity contribution in [2.75, 3.05) is 46.8 Å². The molecule has 1 heterocycles. The Morgan fingerprint density at radius 3 is 2.19 bits per heavy atom. The highest BCUT2D eigenvalue weighted by molar-refractivity contribution is 5.79. The summed E-state index contributed by atoms with van der Waals surface area (Å²) < 4.78 is 0. The summed E-state index contributed by atoms with van der Waals surface area (Å²) >= 11 is 0. The van der Waals surface area contributed by atoms with Crippen LogP contribution in [0.4, 0.5) is 0 Å². The second-order valence-electron chi connectivity index (χ2n) is 6.54. The van der Waals surface area contributed by atoms with E-state index in [2.05, 4.69) is 4.90 Å². The van der Waals surface area contributed by atoms with Gasteiger partial charge < -0.3 is 9.80 Å². The zero-order chi connectivity index (χ0) is 15.2. The molecule has 1 aliphatic heterocycles. The summed E-state index contributed by atoms with van der Waals surface area (Å²) in [5.74, 6) is 0.829. The number of nitrogens with zero attached hydrogens (tertiary/aromatic N) is 3. The third-order valence-electron chi connectivity index (χ3n) is 4.78. The maximum absolute atomic E-state index is 12.5. The number of rotatable bonds is 4. The van der Waals surface area contributed by atoms with Gasteiger partial charge in [0.05, 0.1) is 0 Å². The fraction of sp³-hybridized carbons (Fsp3) is 0.875. The molecule has 0 radical (unpaired) electrons. The van der Waals surface area contributed by atoms with Gasteiger partial charge in [-0.25, -0.2) is 0 Å². The van der Waals surface area contributed by atoms with Crippen LogP contribution in [0.3, 0.4) is 0 Å². The smallest absolute Gasteiger partial charge is 0.225 e. The van der Waals surface area contributed by atoms with Crippen molar-refractivity contribution >= 4 is 11.8 Å². The summed E-state index contributed by atoms with van der Waals surface area (Å²) in [6, 6.07) is 0. The van der Waals surface area contributed by atoms with Crippen molar-refractivity contribution in [1.82, 2.24) is 14.7 Å². The van der Waals surface area contributed by atoms with Crippen molar-refractivity contribution in [3.8, 4) is 0 Å². The fourth-order valence-corrected chi connectivity index (χ4v) is 3.28. The number of carbonyl (C=O) groups is 2. The van der Waals surface area contributed by atoms with Gasteiger partial charge in [-0.05, 0) is 12.8 Å². The molecular weight excluding hydrogens is 266 g/mol. The Morgan fingerprint density at radius 2 is 1.62 bits per heavy atom. The summed E-state index contributed by atoms with van der Waals surface area (Å²) in [6.07, 6.45) is 6.44. The zero-order valence-corrected chi connectivity index (χ0v) is 13.5. The van der Waals surface area contributed by atoms with E-state index < -0.39 is 0 Å². The summed E-state index contributed by atoms with van der Waals surface area (Å²) in [7, 11) is 3.59. The van der Waals surface area contributed by atoms with Gasteiger partial charge in [0.25, 0.3) is 0 Å². The van der Waals surface area contributed by atoms with Gasteiger partial charge in [-0.2, -0.15) is 0 Å². The van der Waals surface area contributed by atoms with E-state index in [1.54, 1.807) is 19.0 Å². The minimum absolute atomic E-state index is 0.177. The Bertz CT molecular complexity index is 357. The molecule has 1 aliphatic carbocycles. The first-order valence-corrected chi connectivity index (χ1v) is 8.29. The molecule has 21 heavy (non-hydrogen) atoms. The first-order chi connectivity index (χ1) is 10.1. The van der Waals surface area contributed by atoms with Crippen molar-refractivity contribution in [1.29, 1.82) is 0 Å². The second kappa shape index (κ2) is 7.78. The molecule has 2 rings (SSSR count). The Labute approximate surface area is 128 Å². The third kappa shape index (κ3) is 4.70. The molecule has 0 N–H and O–H groups in total. The lowest BCUT2D eigenvalue weighted by Gasteiger charge is -2.37. The second-order valence-corrected chi connectivity index (χ2v) is 6.54. The molecule has 5 heteroatoms. The predicted octanol–water partition coefficient (Wildman–Crippen LogP) is 1.19. The predicted molar refractivity (Wildman–Crippen MR) is 82.9 cm³/mol. The van der Waals surface area contributed by atoms with Gasteiger partial charge in [-0.1, -0.05) is 19.3 Å². The monoisotopic (exact) mass is 295 g/mol. The van der Waals surface area contributed by atoms with E-state index in [1.165, 1.54) is 19.3 Å². The summed E-state index contributed by atoms with van der Waals surface area (Å²) in [5.41, 5.74) is 0. The van der Waals surface area contributed by atoms with Crippen molar-refractivity contribution in [3.05, 3.63) is 0 Å². The molecule has 5 nitrogen and oxygen atoms in total. The van der Waals surface area contributed by atoms with Crippen LogP contribution in [0.15, 0.2) is 0 Å². The number of piperazine rings is 1. The molecule has 1 saturated heterocycles. The van der Waals surface area contributed by atoms with Crippen LogP contribution in [0.5, 0.6) is 0 Å². The number of amides is 2. The zero-order valence-electron chi connectivity index (χ0n) is 13.5. The van der Waals surface area contributed by atoms with Gasteiger partial charge in [0.2, 0.25) is 11.8 Å². The SMILES string of the molecule is CN(C)C(=O)CCN1CCN(C(=O)C2CCCCC2)CC1. The van der Waals surface area contributed by atoms with Gasteiger partial charge in [-0.15, -0.1) is 0 Å². The molecule has 0 aromatic carbocycles. The lowest BCUT2D eigenvalue weighted by Crippen LogP contribution is -2.51. The number of carbonyl (C=O) groups excluding carboxylic acids is 2. The molecule has 2 amide bonds. The van der Waals surface area contributed by atoms with Crippen LogP contribution in [-0.2, 0) is 9.59 Å². The lowest BCUT2D eigenvalue weighted by molar-refractivity contribution is -0.138. The Kier molecular flexibility index (Phi) is 6.03. The average Bonchev–Trinajstić information content (AvgIpc) is 2.53. The highest BCUT2D eigenvalue weighted by Crippen LogP contribution is 2.25. The van der Waals surface area contributed by atoms with Crippen molar-refractivity contribution in [2.45, 2.75) is 38.5 Å². The normalized spacial score (nSPS) is 21.3. The summed E-state index contributed by atoms with van der Waals surface area (Å²) in [6.45, 7) is 4.26. The number of hydrogen-bond donors (Lipinski definition) is 0. The molecular formula is C16H29N3O2. The van der Waals surface area contributed by atoms with E-state index in [9.17, 15) is 9.59 Å². The third-order valence-corrected chi connectivity index (χ3v) is 4.78. The van der Waals surface area contributed by atoms with Gasteiger partial charge in [0.1, 0.15) is 0 Å². The van der Waals surface area contributed by atoms with Crippen LogP contribution in [0.1, 0.15) is 38.5 Å². The van der Waals surface area contributed by atoms with E-state index in [0.29, 0.717) is 12.3 Å². The molecule has 0 aromatic rings. The summed E-state index contributed by atoms with van der Waals surface area (Å²) in [4.78, 5) is 30.0. The van der Waals surface area contributed by atoms with E-state index >= 15 is 0 Å². The molecule has 0 atom stereocenters. The largest absolute Gasteiger partial charge is 0.349 e. The highest BCUT2D eigenvalue weighted by atomic mass is 16.2. The van der Waals surface area contributed by atoms with Crippen LogP contribution in [0.2, 0.25) is 0 Å². The quantitative estimate of drug-likeness (QED) is 0.782. The van der Waals surface area contributed by atoms with E-state index in [-0.39, 0.29) is 11.8 Å². The maximum atomic E-state index is 12.5. The van der Waals surface area contributed by atoms with Gasteiger partial charge in [0, 0.05) is 59.2 Å². The first kappa shape index (κ1) is 16.3. The molecule has 1 saturated carbocycles. The molecule has 2 fully saturated rings. The van der Waals surface area contributed by atoms with Crippen LogP contribution in [0.25, 0.3) is 0 Å². The van der Waals surface area contributed by atoms with Gasteiger partial charge in [-0.3, -0.25) is 14.5 Å². The number of hydrogen-bond acceptors (Lipinski definition) is 3. The maximum Gasteiger partial charge on any atom is 0.225 e. The topological polar surface area (TPSA) is 43.9 Å². The van der Waals surface area contributed by atoms with Crippen LogP contribution in [-0.4, -0.2) is 73.3 Å². The Balaban J connectivity index is 1.70. The van der Waals surface area contributed by atoms with Crippen molar-refractivity contribution < 1.29 is 9.59 Å². The van der Waals surface area contributed by atoms with Crippen molar-refractivity contribution in [2.24, 2.45) is 5.92 Å². The highest BCUT2D eigenvalue weighted by Gasteiger charge is 2.28. The molecule has 0 aromatic heterocycles. The van der Waals surface area contributed by atoms with E-state index in [0.717, 1.165) is 45.6 Å². The lowest BCUT2D eigenvalue weighted by atomic mass is 9.88. The summed E-state index contributed by atoms with van der Waals surface area (Å²) in [5, 5.41) is 0. The standard InChI is InChI=1S/C16H29N3O2/c1-17(2)15(20)8-9-18-10-12-19(13-11-18)16(21)14-6-4-3-5-7-14/h14H,3-13H2,1-2H3. The fourth-order valence-electron chi connectivity index (χ4n) is 3.28. The Hall–Kier alpha value is -1.10. The first-order valence-electron chi connectivity index (χ1n) is 8.29. The molecule has 0 unspecified atom stereocenters. The van der Waals surface area contributed by atoms with Crippen molar-refractivity contribution in [3.63, 3.8) is 0 Å². The van der Waals surface area contributed by atoms with E-state index in [1.807, 2.05) is 4.90 Å². The molecule has 2 aliphatic rings. The van der Waals surface area contributed by atoms with Crippen LogP contribution in [0, 0.1) is 5.92 Å². The van der Waals surface area contributed by atoms with E-state index in [4.69, 9.17) is 0 Å². The van der Waals surface area contributed by atoms with Gasteiger partial charge >= 0.3 is 0 Å². The van der Waals surface area contributed by atoms with Gasteiger partial charge in [0.15, 0.2) is 0 Å². The molecule has 0 spiro atoms. The molecule has 0 bridgehead atoms. The average molecular weight is 295 g/mol. The Morgan fingerprint density at radius 1 is 1.00 bits per heavy atom. The minimum Gasteiger partial charge on any atom is -0.349 e. The molecule has 120 valence electrons. The minimum atomic E-state index is 0.177. The van der Waals surface area contributed by atoms with Crippen LogP contribution >= 0.6 is 0 Å². The van der Waals surface area contributed by atoms with Crippen LogP contribution < -0.4 is 0 Å².